The highest BCUT2D eigenvalue weighted by molar-refractivity contribution is 5.27. The van der Waals surface area contributed by atoms with Gasteiger partial charge in [-0.2, -0.15) is 0 Å². The predicted molar refractivity (Wildman–Crippen MR) is 28.4 cm³/mol. The van der Waals surface area contributed by atoms with E-state index in [0.717, 1.165) is 5.76 Å². The van der Waals surface area contributed by atoms with Gasteiger partial charge in [0, 0.05) is 0 Å². The Labute approximate surface area is 46.9 Å². The van der Waals surface area contributed by atoms with Crippen LogP contribution < -0.4 is 11.0 Å². The molecule has 1 heterocycles. The number of fused-ring (bicyclic) bond motifs is 1. The average molecular weight is 110 g/mol. The Hall–Kier alpha value is -0.800. The van der Waals surface area contributed by atoms with E-state index in [0.29, 0.717) is 0 Å². The lowest BCUT2D eigenvalue weighted by atomic mass is 10.3. The zero-order valence-corrected chi connectivity index (χ0v) is 4.22. The molecule has 1 unspecified atom stereocenters. The van der Waals surface area contributed by atoms with Crippen molar-refractivity contribution in [2.45, 2.75) is 6.04 Å². The Balaban J connectivity index is 2.29. The summed E-state index contributed by atoms with van der Waals surface area (Å²) in [5.74, 6) is 0.949. The van der Waals surface area contributed by atoms with Crippen molar-refractivity contribution in [1.29, 1.82) is 0 Å². The molecule has 0 aromatic carbocycles. The monoisotopic (exact) mass is 110 g/mol. The quantitative estimate of drug-likeness (QED) is 0.455. The first-order valence-electron chi connectivity index (χ1n) is 2.52. The van der Waals surface area contributed by atoms with Crippen molar-refractivity contribution < 1.29 is 4.84 Å². The van der Waals surface area contributed by atoms with Crippen molar-refractivity contribution in [2.24, 2.45) is 0 Å². The third-order valence-electron chi connectivity index (χ3n) is 1.25. The van der Waals surface area contributed by atoms with E-state index < -0.39 is 0 Å². The summed E-state index contributed by atoms with van der Waals surface area (Å²) in [6.07, 6.45) is 5.92. The molecule has 2 rings (SSSR count). The summed E-state index contributed by atoms with van der Waals surface area (Å²) in [5, 5.41) is 0. The molecular weight excluding hydrogens is 104 g/mol. The predicted octanol–water partition coefficient (Wildman–Crippen LogP) is -0.152. The molecule has 0 amide bonds. The van der Waals surface area contributed by atoms with Crippen molar-refractivity contribution >= 4 is 0 Å². The van der Waals surface area contributed by atoms with Crippen molar-refractivity contribution in [1.82, 2.24) is 11.0 Å². The molecule has 42 valence electrons. The average Bonchev–Trinajstić information content (AvgIpc) is 2.15. The maximum absolute atomic E-state index is 4.91. The van der Waals surface area contributed by atoms with E-state index in [1.165, 1.54) is 0 Å². The molecule has 8 heavy (non-hydrogen) atoms. The van der Waals surface area contributed by atoms with Crippen LogP contribution in [0.25, 0.3) is 0 Å². The van der Waals surface area contributed by atoms with Gasteiger partial charge in [0.15, 0.2) is 0 Å². The molecule has 0 saturated carbocycles. The summed E-state index contributed by atoms with van der Waals surface area (Å²) in [6.45, 7) is 0. The molecule has 1 fully saturated rings. The Bertz CT molecular complexity index is 162. The second-order valence-corrected chi connectivity index (χ2v) is 1.78. The number of nitrogens with one attached hydrogen (secondary N) is 2. The summed E-state index contributed by atoms with van der Waals surface area (Å²) in [5.41, 5.74) is 5.45. The molecular formula is C5H6N2O. The second kappa shape index (κ2) is 1.34. The Morgan fingerprint density at radius 2 is 2.62 bits per heavy atom. The Kier molecular flexibility index (Phi) is 0.688. The van der Waals surface area contributed by atoms with Crippen LogP contribution in [0.15, 0.2) is 24.0 Å². The fraction of sp³-hybridized carbons (Fsp3) is 0.200. The number of allylic oxidation sites excluding steroid dienone is 2. The van der Waals surface area contributed by atoms with Crippen LogP contribution in [-0.2, 0) is 4.84 Å². The van der Waals surface area contributed by atoms with E-state index in [9.17, 15) is 0 Å². The van der Waals surface area contributed by atoms with Crippen LogP contribution in [0, 0.1) is 0 Å². The van der Waals surface area contributed by atoms with Crippen LogP contribution in [-0.4, -0.2) is 6.04 Å². The lowest BCUT2D eigenvalue weighted by Crippen LogP contribution is -2.27. The molecule has 1 saturated heterocycles. The van der Waals surface area contributed by atoms with Gasteiger partial charge in [-0.25, -0.2) is 5.43 Å². The van der Waals surface area contributed by atoms with E-state index in [2.05, 4.69) is 11.0 Å². The summed E-state index contributed by atoms with van der Waals surface area (Å²) in [7, 11) is 0. The summed E-state index contributed by atoms with van der Waals surface area (Å²) >= 11 is 0. The summed E-state index contributed by atoms with van der Waals surface area (Å²) in [6, 6.07) is 0.273. The lowest BCUT2D eigenvalue weighted by Gasteiger charge is -1.91. The van der Waals surface area contributed by atoms with Crippen LogP contribution >= 0.6 is 0 Å². The highest BCUT2D eigenvalue weighted by atomic mass is 16.7. The molecule has 1 atom stereocenters. The molecule has 0 aromatic rings. The van der Waals surface area contributed by atoms with Crippen LogP contribution in [0.4, 0.5) is 0 Å². The van der Waals surface area contributed by atoms with Crippen LogP contribution in [0.3, 0.4) is 0 Å². The molecule has 0 radical (unpaired) electrons. The molecule has 2 aliphatic rings. The van der Waals surface area contributed by atoms with Gasteiger partial charge in [-0.3, -0.25) is 0 Å². The normalized spacial score (nSPS) is 32.0. The van der Waals surface area contributed by atoms with E-state index in [1.54, 1.807) is 0 Å². The fourth-order valence-corrected chi connectivity index (χ4v) is 0.829. The SMILES string of the molecule is C1=CC2NNOC2=C1. The first kappa shape index (κ1) is 4.12. The summed E-state index contributed by atoms with van der Waals surface area (Å²) < 4.78 is 0. The van der Waals surface area contributed by atoms with Crippen molar-refractivity contribution in [3.05, 3.63) is 24.0 Å². The van der Waals surface area contributed by atoms with Crippen LogP contribution in [0.2, 0.25) is 0 Å². The van der Waals surface area contributed by atoms with Crippen molar-refractivity contribution in [3.63, 3.8) is 0 Å². The zero-order valence-electron chi connectivity index (χ0n) is 4.22. The van der Waals surface area contributed by atoms with Gasteiger partial charge >= 0.3 is 0 Å². The molecule has 0 aromatic heterocycles. The molecule has 1 aliphatic carbocycles. The minimum Gasteiger partial charge on any atom is -0.396 e. The molecule has 0 bridgehead atoms. The number of hydrazine groups is 1. The zero-order chi connectivity index (χ0) is 5.40. The van der Waals surface area contributed by atoms with E-state index in [-0.39, 0.29) is 6.04 Å². The van der Waals surface area contributed by atoms with Gasteiger partial charge in [-0.05, 0) is 6.08 Å². The molecule has 1 aliphatic heterocycles. The maximum atomic E-state index is 4.91. The number of rotatable bonds is 0. The van der Waals surface area contributed by atoms with Gasteiger partial charge in [-0.15, -0.1) is 0 Å². The van der Waals surface area contributed by atoms with Crippen molar-refractivity contribution in [2.75, 3.05) is 0 Å². The van der Waals surface area contributed by atoms with Gasteiger partial charge in [0.25, 0.3) is 0 Å². The Morgan fingerprint density at radius 3 is 3.50 bits per heavy atom. The minimum atomic E-state index is 0.273. The highest BCUT2D eigenvalue weighted by Gasteiger charge is 2.21. The smallest absolute Gasteiger partial charge is 0.148 e. The molecule has 3 heteroatoms. The lowest BCUT2D eigenvalue weighted by molar-refractivity contribution is 0.131. The van der Waals surface area contributed by atoms with Gasteiger partial charge in [0.05, 0.1) is 0 Å². The third kappa shape index (κ3) is 0.397. The minimum absolute atomic E-state index is 0.273. The standard InChI is InChI=1S/C5H6N2O/c1-2-4-5(3-1)8-7-6-4/h1-4,6-7H. The van der Waals surface area contributed by atoms with E-state index in [1.807, 2.05) is 18.2 Å². The maximum Gasteiger partial charge on any atom is 0.148 e. The number of hydrogen-bond acceptors (Lipinski definition) is 3. The van der Waals surface area contributed by atoms with Gasteiger partial charge < -0.3 is 4.84 Å². The van der Waals surface area contributed by atoms with Gasteiger partial charge in [0.2, 0.25) is 0 Å². The largest absolute Gasteiger partial charge is 0.396 e. The van der Waals surface area contributed by atoms with Gasteiger partial charge in [-0.1, -0.05) is 17.7 Å². The highest BCUT2D eigenvalue weighted by Crippen LogP contribution is 2.14. The van der Waals surface area contributed by atoms with Crippen LogP contribution in [0.5, 0.6) is 0 Å². The number of hydrogen-bond donors (Lipinski definition) is 2. The van der Waals surface area contributed by atoms with Gasteiger partial charge in [0.1, 0.15) is 11.8 Å². The van der Waals surface area contributed by atoms with Crippen LogP contribution in [0.1, 0.15) is 0 Å². The molecule has 2 N–H and O–H groups in total. The molecule has 3 nitrogen and oxygen atoms in total. The van der Waals surface area contributed by atoms with Crippen molar-refractivity contribution in [3.8, 4) is 0 Å². The fourth-order valence-electron chi connectivity index (χ4n) is 0.829. The second-order valence-electron chi connectivity index (χ2n) is 1.78. The Morgan fingerprint density at radius 1 is 1.62 bits per heavy atom. The first-order chi connectivity index (χ1) is 3.97. The topological polar surface area (TPSA) is 33.3 Å². The van der Waals surface area contributed by atoms with E-state index in [4.69, 9.17) is 4.84 Å². The van der Waals surface area contributed by atoms with E-state index >= 15 is 0 Å². The first-order valence-corrected chi connectivity index (χ1v) is 2.52. The third-order valence-corrected chi connectivity index (χ3v) is 1.25. The molecule has 0 spiro atoms. The summed E-state index contributed by atoms with van der Waals surface area (Å²) in [4.78, 5) is 4.91.